The van der Waals surface area contributed by atoms with Gasteiger partial charge in [-0.1, -0.05) is 12.8 Å². The molecule has 3 rings (SSSR count). The molecule has 0 radical (unpaired) electrons. The van der Waals surface area contributed by atoms with E-state index in [1.165, 1.54) is 4.31 Å². The molecule has 21 heavy (non-hydrogen) atoms. The predicted molar refractivity (Wildman–Crippen MR) is 84.8 cm³/mol. The van der Waals surface area contributed by atoms with E-state index in [1.54, 1.807) is 0 Å². The Bertz CT molecular complexity index is 482. The number of sulfonamides is 1. The molecule has 0 N–H and O–H groups in total. The average Bonchev–Trinajstić information content (AvgIpc) is 3.19. The lowest BCUT2D eigenvalue weighted by Crippen LogP contribution is -2.51. The van der Waals surface area contributed by atoms with Crippen molar-refractivity contribution < 1.29 is 13.2 Å². The van der Waals surface area contributed by atoms with E-state index in [1.807, 2.05) is 16.7 Å². The van der Waals surface area contributed by atoms with E-state index in [4.69, 9.17) is 0 Å². The topological polar surface area (TPSA) is 57.7 Å². The molecule has 1 amide bonds. The highest BCUT2D eigenvalue weighted by Crippen LogP contribution is 2.32. The van der Waals surface area contributed by atoms with Gasteiger partial charge in [0, 0.05) is 31.1 Å². The number of carbonyl (C=O) groups is 1. The maximum absolute atomic E-state index is 12.8. The minimum Gasteiger partial charge on any atom is -0.340 e. The number of nitrogens with zero attached hydrogens (tertiary/aromatic N) is 2. The van der Waals surface area contributed by atoms with Crippen LogP contribution in [-0.4, -0.2) is 66.0 Å². The molecule has 3 aliphatic rings. The SMILES string of the molecule is O=C([C@H]1CCCN1S(=O)(=O)C1CCCC1)N1CCSCC1. The summed E-state index contributed by atoms with van der Waals surface area (Å²) < 4.78 is 27.1. The Morgan fingerprint density at radius 1 is 0.952 bits per heavy atom. The van der Waals surface area contributed by atoms with Crippen molar-refractivity contribution in [2.45, 2.75) is 49.8 Å². The fourth-order valence-corrected chi connectivity index (χ4v) is 6.81. The van der Waals surface area contributed by atoms with Crippen LogP contribution in [0.4, 0.5) is 0 Å². The van der Waals surface area contributed by atoms with Crippen LogP contribution in [-0.2, 0) is 14.8 Å². The lowest BCUT2D eigenvalue weighted by atomic mass is 10.2. The predicted octanol–water partition coefficient (Wildman–Crippen LogP) is 1.30. The second-order valence-corrected chi connectivity index (χ2v) is 9.55. The van der Waals surface area contributed by atoms with Crippen molar-refractivity contribution in [3.8, 4) is 0 Å². The van der Waals surface area contributed by atoms with Crippen LogP contribution in [0.1, 0.15) is 38.5 Å². The van der Waals surface area contributed by atoms with Gasteiger partial charge in [-0.15, -0.1) is 0 Å². The number of thioether (sulfide) groups is 1. The third kappa shape index (κ3) is 3.10. The van der Waals surface area contributed by atoms with E-state index in [0.29, 0.717) is 13.0 Å². The van der Waals surface area contributed by atoms with Gasteiger partial charge in [-0.3, -0.25) is 4.79 Å². The fourth-order valence-electron chi connectivity index (χ4n) is 3.66. The van der Waals surface area contributed by atoms with E-state index in [-0.39, 0.29) is 11.2 Å². The van der Waals surface area contributed by atoms with Gasteiger partial charge in [0.15, 0.2) is 0 Å². The summed E-state index contributed by atoms with van der Waals surface area (Å²) in [6, 6.07) is -0.432. The van der Waals surface area contributed by atoms with Crippen molar-refractivity contribution in [1.29, 1.82) is 0 Å². The van der Waals surface area contributed by atoms with Crippen LogP contribution < -0.4 is 0 Å². The highest BCUT2D eigenvalue weighted by atomic mass is 32.2. The lowest BCUT2D eigenvalue weighted by Gasteiger charge is -2.33. The maximum atomic E-state index is 12.8. The molecule has 120 valence electrons. The normalized spacial score (nSPS) is 29.1. The first-order valence-corrected chi connectivity index (χ1v) is 10.6. The molecule has 0 aromatic heterocycles. The van der Waals surface area contributed by atoms with Gasteiger partial charge >= 0.3 is 0 Å². The summed E-state index contributed by atoms with van der Waals surface area (Å²) in [5.41, 5.74) is 0. The first kappa shape index (κ1) is 15.6. The van der Waals surface area contributed by atoms with Crippen LogP contribution in [0.5, 0.6) is 0 Å². The maximum Gasteiger partial charge on any atom is 0.241 e. The van der Waals surface area contributed by atoms with Crippen molar-refractivity contribution in [1.82, 2.24) is 9.21 Å². The molecule has 1 saturated carbocycles. The van der Waals surface area contributed by atoms with Gasteiger partial charge in [0.1, 0.15) is 6.04 Å². The zero-order valence-corrected chi connectivity index (χ0v) is 14.0. The van der Waals surface area contributed by atoms with Gasteiger partial charge in [0.25, 0.3) is 0 Å². The second kappa shape index (κ2) is 6.46. The van der Waals surface area contributed by atoms with E-state index in [0.717, 1.165) is 56.7 Å². The van der Waals surface area contributed by atoms with Crippen LogP contribution in [0.25, 0.3) is 0 Å². The Morgan fingerprint density at radius 3 is 2.29 bits per heavy atom. The summed E-state index contributed by atoms with van der Waals surface area (Å²) in [5.74, 6) is 1.97. The van der Waals surface area contributed by atoms with Crippen LogP contribution in [0.3, 0.4) is 0 Å². The molecule has 7 heteroatoms. The summed E-state index contributed by atoms with van der Waals surface area (Å²) in [4.78, 5) is 14.5. The van der Waals surface area contributed by atoms with Gasteiger partial charge < -0.3 is 4.90 Å². The third-order valence-electron chi connectivity index (χ3n) is 4.86. The summed E-state index contributed by atoms with van der Waals surface area (Å²) >= 11 is 1.86. The molecule has 0 bridgehead atoms. The summed E-state index contributed by atoms with van der Waals surface area (Å²) in [5, 5.41) is -0.247. The minimum atomic E-state index is -3.29. The van der Waals surface area contributed by atoms with Gasteiger partial charge in [-0.05, 0) is 25.7 Å². The monoisotopic (exact) mass is 332 g/mol. The first-order valence-electron chi connectivity index (χ1n) is 7.98. The molecule has 2 saturated heterocycles. The number of rotatable bonds is 3. The number of hydrogen-bond donors (Lipinski definition) is 0. The molecule has 1 atom stereocenters. The summed E-state index contributed by atoms with van der Waals surface area (Å²) in [6.07, 6.45) is 5.03. The first-order chi connectivity index (χ1) is 10.1. The largest absolute Gasteiger partial charge is 0.340 e. The van der Waals surface area contributed by atoms with E-state index >= 15 is 0 Å². The Balaban J connectivity index is 1.73. The van der Waals surface area contributed by atoms with Crippen LogP contribution >= 0.6 is 11.8 Å². The van der Waals surface area contributed by atoms with Gasteiger partial charge in [-0.2, -0.15) is 16.1 Å². The van der Waals surface area contributed by atoms with E-state index < -0.39 is 16.1 Å². The Morgan fingerprint density at radius 2 is 1.62 bits per heavy atom. The van der Waals surface area contributed by atoms with Crippen LogP contribution in [0.15, 0.2) is 0 Å². The third-order valence-corrected chi connectivity index (χ3v) is 8.21. The molecule has 0 unspecified atom stereocenters. The molecular weight excluding hydrogens is 308 g/mol. The zero-order chi connectivity index (χ0) is 14.9. The van der Waals surface area contributed by atoms with Gasteiger partial charge in [0.2, 0.25) is 15.9 Å². The molecule has 0 spiro atoms. The Hall–Kier alpha value is -0.270. The van der Waals surface area contributed by atoms with Crippen molar-refractivity contribution in [2.24, 2.45) is 0 Å². The van der Waals surface area contributed by atoms with E-state index in [2.05, 4.69) is 0 Å². The van der Waals surface area contributed by atoms with Gasteiger partial charge in [-0.25, -0.2) is 8.42 Å². The van der Waals surface area contributed by atoms with E-state index in [9.17, 15) is 13.2 Å². The highest BCUT2D eigenvalue weighted by molar-refractivity contribution is 7.99. The van der Waals surface area contributed by atoms with Gasteiger partial charge in [0.05, 0.1) is 5.25 Å². The Labute approximate surface area is 131 Å². The lowest BCUT2D eigenvalue weighted by molar-refractivity contribution is -0.134. The van der Waals surface area contributed by atoms with Crippen molar-refractivity contribution >= 4 is 27.7 Å². The molecular formula is C14H24N2O3S2. The van der Waals surface area contributed by atoms with Crippen molar-refractivity contribution in [3.63, 3.8) is 0 Å². The molecule has 1 aliphatic carbocycles. The smallest absolute Gasteiger partial charge is 0.241 e. The number of carbonyl (C=O) groups excluding carboxylic acids is 1. The van der Waals surface area contributed by atoms with Crippen LogP contribution in [0, 0.1) is 0 Å². The molecule has 3 fully saturated rings. The zero-order valence-electron chi connectivity index (χ0n) is 12.4. The Kier molecular flexibility index (Phi) is 4.81. The quantitative estimate of drug-likeness (QED) is 0.782. The molecule has 0 aromatic rings. The average molecular weight is 332 g/mol. The molecule has 2 aliphatic heterocycles. The fraction of sp³-hybridized carbons (Fsp3) is 0.929. The standard InChI is InChI=1S/C14H24N2O3S2/c17-14(15-8-10-20-11-9-15)13-6-3-7-16(13)21(18,19)12-4-1-2-5-12/h12-13H,1-11H2/t13-/m1/s1. The second-order valence-electron chi connectivity index (χ2n) is 6.16. The number of amides is 1. The molecule has 2 heterocycles. The van der Waals surface area contributed by atoms with Crippen LogP contribution in [0.2, 0.25) is 0 Å². The summed E-state index contributed by atoms with van der Waals surface area (Å²) in [6.45, 7) is 2.05. The number of hydrogen-bond acceptors (Lipinski definition) is 4. The van der Waals surface area contributed by atoms with Crippen molar-refractivity contribution in [2.75, 3.05) is 31.1 Å². The molecule has 5 nitrogen and oxygen atoms in total. The molecule has 0 aromatic carbocycles. The minimum absolute atomic E-state index is 0.0365. The van der Waals surface area contributed by atoms with Crippen molar-refractivity contribution in [3.05, 3.63) is 0 Å². The summed E-state index contributed by atoms with van der Waals surface area (Å²) in [7, 11) is -3.29. The highest BCUT2D eigenvalue weighted by Gasteiger charge is 2.44.